The number of rotatable bonds is 2. The van der Waals surface area contributed by atoms with Crippen LogP contribution < -0.4 is 4.90 Å². The Morgan fingerprint density at radius 2 is 1.86 bits per heavy atom. The van der Waals surface area contributed by atoms with Gasteiger partial charge in [-0.3, -0.25) is 9.69 Å². The smallest absolute Gasteiger partial charge is 0.327 e. The van der Waals surface area contributed by atoms with Crippen LogP contribution in [0, 0.1) is 0 Å². The van der Waals surface area contributed by atoms with Crippen LogP contribution >= 0.6 is 0 Å². The van der Waals surface area contributed by atoms with Crippen molar-refractivity contribution in [2.45, 2.75) is 37.8 Å². The van der Waals surface area contributed by atoms with Gasteiger partial charge < -0.3 is 9.80 Å². The fraction of sp³-hybridized carbons (Fsp3) is 0.562. The first-order chi connectivity index (χ1) is 10.8. The highest BCUT2D eigenvalue weighted by molar-refractivity contribution is 6.04. The number of hydrogen-bond acceptors (Lipinski definition) is 4. The summed E-state index contributed by atoms with van der Waals surface area (Å²) in [5.74, 6) is 0.999. The zero-order valence-corrected chi connectivity index (χ0v) is 12.5. The van der Waals surface area contributed by atoms with E-state index in [1.807, 2.05) is 18.2 Å². The van der Waals surface area contributed by atoms with Crippen molar-refractivity contribution in [2.75, 3.05) is 24.5 Å². The molecule has 6 heteroatoms. The second kappa shape index (κ2) is 5.26. The van der Waals surface area contributed by atoms with Gasteiger partial charge in [-0.2, -0.15) is 0 Å². The summed E-state index contributed by atoms with van der Waals surface area (Å²) < 4.78 is 0. The summed E-state index contributed by atoms with van der Waals surface area (Å²) in [7, 11) is 0. The van der Waals surface area contributed by atoms with Crippen molar-refractivity contribution in [1.82, 2.24) is 14.8 Å². The van der Waals surface area contributed by atoms with Crippen LogP contribution in [0.4, 0.5) is 10.6 Å². The Morgan fingerprint density at radius 3 is 2.55 bits per heavy atom. The van der Waals surface area contributed by atoms with E-state index in [1.54, 1.807) is 16.0 Å². The van der Waals surface area contributed by atoms with Crippen LogP contribution in [0.5, 0.6) is 0 Å². The molecule has 0 bridgehead atoms. The van der Waals surface area contributed by atoms with Gasteiger partial charge in [-0.15, -0.1) is 0 Å². The maximum Gasteiger partial charge on any atom is 0.327 e. The Hall–Kier alpha value is -2.11. The predicted octanol–water partition coefficient (Wildman–Crippen LogP) is 1.48. The van der Waals surface area contributed by atoms with Gasteiger partial charge in [0.05, 0.1) is 0 Å². The molecule has 1 unspecified atom stereocenters. The van der Waals surface area contributed by atoms with E-state index in [0.29, 0.717) is 0 Å². The maximum atomic E-state index is 12.5. The Kier molecular flexibility index (Phi) is 3.24. The Labute approximate surface area is 129 Å². The molecule has 4 rings (SSSR count). The highest BCUT2D eigenvalue weighted by Crippen LogP contribution is 2.31. The molecule has 0 aliphatic carbocycles. The molecule has 3 aliphatic heterocycles. The number of carbonyl (C=O) groups is 2. The van der Waals surface area contributed by atoms with Gasteiger partial charge in [0.25, 0.3) is 5.91 Å². The molecule has 1 aromatic heterocycles. The van der Waals surface area contributed by atoms with Crippen LogP contribution in [0.25, 0.3) is 0 Å². The van der Waals surface area contributed by atoms with Crippen molar-refractivity contribution in [3.05, 3.63) is 24.4 Å². The van der Waals surface area contributed by atoms with Crippen LogP contribution in [0.1, 0.15) is 25.7 Å². The molecule has 3 amide bonds. The van der Waals surface area contributed by atoms with Gasteiger partial charge in [0.2, 0.25) is 0 Å². The topological polar surface area (TPSA) is 56.8 Å². The predicted molar refractivity (Wildman–Crippen MR) is 81.4 cm³/mol. The molecule has 116 valence electrons. The van der Waals surface area contributed by atoms with Crippen molar-refractivity contribution < 1.29 is 9.59 Å². The van der Waals surface area contributed by atoms with Gasteiger partial charge in [-0.1, -0.05) is 6.07 Å². The van der Waals surface area contributed by atoms with Crippen molar-refractivity contribution in [1.29, 1.82) is 0 Å². The number of fused-ring (bicyclic) bond motifs is 1. The number of piperidine rings is 1. The molecular weight excluding hydrogens is 280 g/mol. The molecule has 4 heterocycles. The monoisotopic (exact) mass is 300 g/mol. The quantitative estimate of drug-likeness (QED) is 0.776. The maximum absolute atomic E-state index is 12.5. The summed E-state index contributed by atoms with van der Waals surface area (Å²) in [6.07, 6.45) is 5.23. The number of pyridine rings is 1. The van der Waals surface area contributed by atoms with Crippen LogP contribution in [-0.4, -0.2) is 58.4 Å². The number of urea groups is 1. The third-order valence-electron chi connectivity index (χ3n) is 5.03. The molecule has 0 radical (unpaired) electrons. The summed E-state index contributed by atoms with van der Waals surface area (Å²) in [6, 6.07) is 5.69. The molecule has 0 aromatic carbocycles. The van der Waals surface area contributed by atoms with Crippen LogP contribution in [-0.2, 0) is 4.79 Å². The minimum atomic E-state index is -0.179. The van der Waals surface area contributed by atoms with E-state index in [9.17, 15) is 9.59 Å². The standard InChI is InChI=1S/C16H20N4O2/c21-15-13-4-3-9-19(13)16(22)20(15)12-6-10-18(11-7-12)14-5-1-2-8-17-14/h1-2,5,8,12-13H,3-4,6-7,9-11H2. The first-order valence-corrected chi connectivity index (χ1v) is 8.05. The average Bonchev–Trinajstić information content (AvgIpc) is 3.13. The number of anilines is 1. The van der Waals surface area contributed by atoms with E-state index < -0.39 is 0 Å². The molecule has 3 saturated heterocycles. The molecular formula is C16H20N4O2. The van der Waals surface area contributed by atoms with Gasteiger partial charge >= 0.3 is 6.03 Å². The Bertz CT molecular complexity index is 561. The van der Waals surface area contributed by atoms with E-state index >= 15 is 0 Å². The molecule has 0 saturated carbocycles. The van der Waals surface area contributed by atoms with Gasteiger partial charge in [0, 0.05) is 31.9 Å². The van der Waals surface area contributed by atoms with Crippen molar-refractivity contribution in [2.24, 2.45) is 0 Å². The summed E-state index contributed by atoms with van der Waals surface area (Å²) in [6.45, 7) is 2.41. The fourth-order valence-corrected chi connectivity index (χ4v) is 3.88. The Balaban J connectivity index is 1.44. The van der Waals surface area contributed by atoms with E-state index in [-0.39, 0.29) is 24.0 Å². The Morgan fingerprint density at radius 1 is 1.05 bits per heavy atom. The van der Waals surface area contributed by atoms with Gasteiger partial charge in [0.15, 0.2) is 0 Å². The zero-order valence-electron chi connectivity index (χ0n) is 12.5. The molecule has 1 atom stereocenters. The first kappa shape index (κ1) is 13.5. The van der Waals surface area contributed by atoms with Gasteiger partial charge in [-0.05, 0) is 37.8 Å². The molecule has 3 fully saturated rings. The molecule has 22 heavy (non-hydrogen) atoms. The minimum absolute atomic E-state index is 0.0267. The van der Waals surface area contributed by atoms with E-state index in [2.05, 4.69) is 9.88 Å². The zero-order chi connectivity index (χ0) is 15.1. The molecule has 1 aromatic rings. The normalized spacial score (nSPS) is 26.0. The molecule has 0 spiro atoms. The number of amides is 3. The minimum Gasteiger partial charge on any atom is -0.356 e. The van der Waals surface area contributed by atoms with Crippen LogP contribution in [0.3, 0.4) is 0 Å². The average molecular weight is 300 g/mol. The van der Waals surface area contributed by atoms with E-state index in [4.69, 9.17) is 0 Å². The second-order valence-electron chi connectivity index (χ2n) is 6.25. The SMILES string of the molecule is O=C1C2CCCN2C(=O)N1C1CCN(c2ccccn2)CC1. The lowest BCUT2D eigenvalue weighted by atomic mass is 10.0. The van der Waals surface area contributed by atoms with Crippen molar-refractivity contribution in [3.63, 3.8) is 0 Å². The van der Waals surface area contributed by atoms with Crippen LogP contribution in [0.2, 0.25) is 0 Å². The number of carbonyl (C=O) groups excluding carboxylic acids is 2. The third kappa shape index (κ3) is 2.05. The van der Waals surface area contributed by atoms with Crippen molar-refractivity contribution >= 4 is 17.8 Å². The summed E-state index contributed by atoms with van der Waals surface area (Å²) >= 11 is 0. The molecule has 3 aliphatic rings. The molecule has 0 N–H and O–H groups in total. The third-order valence-corrected chi connectivity index (χ3v) is 5.03. The fourth-order valence-electron chi connectivity index (χ4n) is 3.88. The first-order valence-electron chi connectivity index (χ1n) is 8.05. The highest BCUT2D eigenvalue weighted by Gasteiger charge is 2.50. The lowest BCUT2D eigenvalue weighted by molar-refractivity contribution is -0.129. The highest BCUT2D eigenvalue weighted by atomic mass is 16.2. The number of hydrogen-bond donors (Lipinski definition) is 0. The summed E-state index contributed by atoms with van der Waals surface area (Å²) in [5.41, 5.74) is 0. The molecule has 6 nitrogen and oxygen atoms in total. The number of nitrogens with zero attached hydrogens (tertiary/aromatic N) is 4. The second-order valence-corrected chi connectivity index (χ2v) is 6.25. The summed E-state index contributed by atoms with van der Waals surface area (Å²) in [4.78, 5) is 34.8. The van der Waals surface area contributed by atoms with Crippen LogP contribution in [0.15, 0.2) is 24.4 Å². The lowest BCUT2D eigenvalue weighted by Gasteiger charge is -2.36. The largest absolute Gasteiger partial charge is 0.356 e. The number of imide groups is 1. The van der Waals surface area contributed by atoms with E-state index in [0.717, 1.165) is 51.1 Å². The van der Waals surface area contributed by atoms with Gasteiger partial charge in [0.1, 0.15) is 11.9 Å². The van der Waals surface area contributed by atoms with E-state index in [1.165, 1.54) is 0 Å². The van der Waals surface area contributed by atoms with Gasteiger partial charge in [-0.25, -0.2) is 9.78 Å². The summed E-state index contributed by atoms with van der Waals surface area (Å²) in [5, 5.41) is 0. The number of aromatic nitrogens is 1. The van der Waals surface area contributed by atoms with Crippen molar-refractivity contribution in [3.8, 4) is 0 Å². The lowest BCUT2D eigenvalue weighted by Crippen LogP contribution is -2.48.